The number of rotatable bonds is 6. The number of benzene rings is 1. The molecule has 0 saturated carbocycles. The lowest BCUT2D eigenvalue weighted by atomic mass is 10.1. The van der Waals surface area contributed by atoms with Crippen molar-refractivity contribution in [1.29, 1.82) is 0 Å². The average molecular weight is 329 g/mol. The largest absolute Gasteiger partial charge is 0.493 e. The molecule has 0 atom stereocenters. The number of aromatic amines is 1. The summed E-state index contributed by atoms with van der Waals surface area (Å²) in [5.41, 5.74) is 8.32. The van der Waals surface area contributed by atoms with Crippen LogP contribution in [0, 0.1) is 0 Å². The fraction of sp³-hybridized carbons (Fsp3) is 0.312. The molecule has 1 aromatic carbocycles. The highest BCUT2D eigenvalue weighted by Gasteiger charge is 2.20. The molecule has 8 heteroatoms. The Morgan fingerprint density at radius 1 is 1.04 bits per heavy atom. The van der Waals surface area contributed by atoms with Crippen molar-refractivity contribution in [3.8, 4) is 17.2 Å². The standard InChI is InChI=1S/C16H19N5O3/c1-22-12-6-10-11(5-4-9-7-18-8-19-9)20-16(17)21-13(10)15(24-3)14(12)23-2/h6-8H,4-5H2,1-3H3,(H,18,19)(H2,17,20,21). The Bertz CT molecular complexity index is 849. The first-order valence-corrected chi connectivity index (χ1v) is 7.40. The maximum atomic E-state index is 5.89. The number of nitrogens with zero attached hydrogens (tertiary/aromatic N) is 3. The minimum atomic E-state index is 0.188. The van der Waals surface area contributed by atoms with Gasteiger partial charge in [-0.1, -0.05) is 0 Å². The van der Waals surface area contributed by atoms with Crippen LogP contribution in [0.2, 0.25) is 0 Å². The summed E-state index contributed by atoms with van der Waals surface area (Å²) in [6, 6.07) is 1.85. The molecule has 24 heavy (non-hydrogen) atoms. The van der Waals surface area contributed by atoms with Crippen LogP contribution >= 0.6 is 0 Å². The molecule has 0 spiro atoms. The molecule has 0 aliphatic heterocycles. The van der Waals surface area contributed by atoms with Gasteiger partial charge in [-0.3, -0.25) is 0 Å². The number of anilines is 1. The van der Waals surface area contributed by atoms with Crippen molar-refractivity contribution in [2.75, 3.05) is 27.1 Å². The van der Waals surface area contributed by atoms with E-state index >= 15 is 0 Å². The molecule has 2 aromatic heterocycles. The van der Waals surface area contributed by atoms with Gasteiger partial charge in [-0.2, -0.15) is 0 Å². The highest BCUT2D eigenvalue weighted by Crippen LogP contribution is 2.43. The van der Waals surface area contributed by atoms with E-state index in [1.54, 1.807) is 33.9 Å². The van der Waals surface area contributed by atoms with Crippen LogP contribution in [0.3, 0.4) is 0 Å². The minimum absolute atomic E-state index is 0.188. The average Bonchev–Trinajstić information content (AvgIpc) is 3.11. The fourth-order valence-corrected chi connectivity index (χ4v) is 2.68. The number of aromatic nitrogens is 4. The summed E-state index contributed by atoms with van der Waals surface area (Å²) in [5, 5.41) is 0.818. The molecule has 3 N–H and O–H groups in total. The van der Waals surface area contributed by atoms with Crippen LogP contribution in [-0.4, -0.2) is 41.3 Å². The third-order valence-electron chi connectivity index (χ3n) is 3.78. The van der Waals surface area contributed by atoms with E-state index in [2.05, 4.69) is 19.9 Å². The second-order valence-corrected chi connectivity index (χ2v) is 5.15. The zero-order valence-corrected chi connectivity index (χ0v) is 13.8. The summed E-state index contributed by atoms with van der Waals surface area (Å²) < 4.78 is 16.3. The molecule has 8 nitrogen and oxygen atoms in total. The summed E-state index contributed by atoms with van der Waals surface area (Å²) in [6.07, 6.45) is 4.86. The molecule has 0 unspecified atom stereocenters. The van der Waals surface area contributed by atoms with Crippen LogP contribution in [-0.2, 0) is 12.8 Å². The topological polar surface area (TPSA) is 108 Å². The van der Waals surface area contributed by atoms with Crippen molar-refractivity contribution < 1.29 is 14.2 Å². The number of nitrogen functional groups attached to an aromatic ring is 1. The van der Waals surface area contributed by atoms with Crippen LogP contribution in [0.15, 0.2) is 18.6 Å². The molecule has 0 bridgehead atoms. The van der Waals surface area contributed by atoms with E-state index in [1.807, 2.05) is 6.07 Å². The monoisotopic (exact) mass is 329 g/mol. The van der Waals surface area contributed by atoms with Gasteiger partial charge in [0.05, 0.1) is 33.4 Å². The zero-order chi connectivity index (χ0) is 17.1. The number of ether oxygens (including phenoxy) is 3. The van der Waals surface area contributed by atoms with Crippen molar-refractivity contribution in [1.82, 2.24) is 19.9 Å². The van der Waals surface area contributed by atoms with Crippen LogP contribution in [0.25, 0.3) is 10.9 Å². The van der Waals surface area contributed by atoms with Crippen LogP contribution in [0.5, 0.6) is 17.2 Å². The van der Waals surface area contributed by atoms with Gasteiger partial charge < -0.3 is 24.9 Å². The number of hydrogen-bond acceptors (Lipinski definition) is 7. The molecule has 0 aliphatic rings. The lowest BCUT2D eigenvalue weighted by Crippen LogP contribution is -2.05. The first-order valence-electron chi connectivity index (χ1n) is 7.40. The number of H-pyrrole nitrogens is 1. The Labute approximate surface area is 139 Å². The highest BCUT2D eigenvalue weighted by molar-refractivity contribution is 5.92. The van der Waals surface area contributed by atoms with Crippen LogP contribution in [0.1, 0.15) is 11.4 Å². The van der Waals surface area contributed by atoms with E-state index in [9.17, 15) is 0 Å². The zero-order valence-electron chi connectivity index (χ0n) is 13.8. The van der Waals surface area contributed by atoms with E-state index in [0.29, 0.717) is 29.2 Å². The van der Waals surface area contributed by atoms with E-state index in [0.717, 1.165) is 23.2 Å². The molecular weight excluding hydrogens is 310 g/mol. The van der Waals surface area contributed by atoms with Gasteiger partial charge in [0.25, 0.3) is 0 Å². The summed E-state index contributed by atoms with van der Waals surface area (Å²) in [4.78, 5) is 15.8. The quantitative estimate of drug-likeness (QED) is 0.709. The summed E-state index contributed by atoms with van der Waals surface area (Å²) in [7, 11) is 4.68. The van der Waals surface area contributed by atoms with Gasteiger partial charge in [-0.05, 0) is 18.9 Å². The van der Waals surface area contributed by atoms with Crippen molar-refractivity contribution in [3.63, 3.8) is 0 Å². The second kappa shape index (κ2) is 6.61. The lowest BCUT2D eigenvalue weighted by Gasteiger charge is -2.16. The minimum Gasteiger partial charge on any atom is -0.493 e. The summed E-state index contributed by atoms with van der Waals surface area (Å²) in [6.45, 7) is 0. The summed E-state index contributed by atoms with van der Waals surface area (Å²) >= 11 is 0. The number of nitrogens with two attached hydrogens (primary N) is 1. The number of nitrogens with one attached hydrogen (secondary N) is 1. The fourth-order valence-electron chi connectivity index (χ4n) is 2.68. The molecule has 126 valence electrons. The number of imidazole rings is 1. The predicted octanol–water partition coefficient (Wildman–Crippen LogP) is 1.75. The molecule has 3 rings (SSSR count). The molecule has 2 heterocycles. The van der Waals surface area contributed by atoms with Crippen molar-refractivity contribution in [2.24, 2.45) is 0 Å². The molecule has 0 amide bonds. The van der Waals surface area contributed by atoms with Crippen molar-refractivity contribution in [2.45, 2.75) is 12.8 Å². The normalized spacial score (nSPS) is 10.8. The number of aryl methyl sites for hydroxylation is 2. The maximum Gasteiger partial charge on any atom is 0.220 e. The third-order valence-corrected chi connectivity index (χ3v) is 3.78. The lowest BCUT2D eigenvalue weighted by molar-refractivity contribution is 0.327. The maximum absolute atomic E-state index is 5.89. The Balaban J connectivity index is 2.14. The summed E-state index contributed by atoms with van der Waals surface area (Å²) in [5.74, 6) is 1.69. The van der Waals surface area contributed by atoms with E-state index < -0.39 is 0 Å². The number of fused-ring (bicyclic) bond motifs is 1. The molecular formula is C16H19N5O3. The van der Waals surface area contributed by atoms with Gasteiger partial charge in [0.1, 0.15) is 5.52 Å². The Morgan fingerprint density at radius 3 is 2.46 bits per heavy atom. The first kappa shape index (κ1) is 15.9. The van der Waals surface area contributed by atoms with Gasteiger partial charge in [-0.25, -0.2) is 15.0 Å². The Hall–Kier alpha value is -3.03. The van der Waals surface area contributed by atoms with Crippen molar-refractivity contribution in [3.05, 3.63) is 30.0 Å². The van der Waals surface area contributed by atoms with Gasteiger partial charge in [0, 0.05) is 17.3 Å². The molecule has 0 fully saturated rings. The number of methoxy groups -OCH3 is 3. The predicted molar refractivity (Wildman–Crippen MR) is 89.6 cm³/mol. The van der Waals surface area contributed by atoms with E-state index in [-0.39, 0.29) is 5.95 Å². The van der Waals surface area contributed by atoms with Gasteiger partial charge in [0.15, 0.2) is 11.5 Å². The Kier molecular flexibility index (Phi) is 4.37. The molecule has 0 radical (unpaired) electrons. The SMILES string of the molecule is COc1cc2c(CCc3cnc[nH]3)nc(N)nc2c(OC)c1OC. The smallest absolute Gasteiger partial charge is 0.220 e. The third kappa shape index (κ3) is 2.78. The first-order chi connectivity index (χ1) is 11.7. The Morgan fingerprint density at radius 2 is 1.83 bits per heavy atom. The second-order valence-electron chi connectivity index (χ2n) is 5.15. The highest BCUT2D eigenvalue weighted by atomic mass is 16.5. The molecule has 3 aromatic rings. The van der Waals surface area contributed by atoms with E-state index in [4.69, 9.17) is 19.9 Å². The molecule has 0 saturated heterocycles. The van der Waals surface area contributed by atoms with Crippen molar-refractivity contribution >= 4 is 16.9 Å². The van der Waals surface area contributed by atoms with Crippen LogP contribution in [0.4, 0.5) is 5.95 Å². The van der Waals surface area contributed by atoms with Gasteiger partial charge in [0.2, 0.25) is 11.7 Å². The number of hydrogen-bond donors (Lipinski definition) is 2. The van der Waals surface area contributed by atoms with Gasteiger partial charge in [-0.15, -0.1) is 0 Å². The van der Waals surface area contributed by atoms with Crippen LogP contribution < -0.4 is 19.9 Å². The molecule has 0 aliphatic carbocycles. The van der Waals surface area contributed by atoms with Gasteiger partial charge >= 0.3 is 0 Å². The van der Waals surface area contributed by atoms with E-state index in [1.165, 1.54) is 0 Å².